The lowest BCUT2D eigenvalue weighted by Gasteiger charge is -2.06. The Morgan fingerprint density at radius 2 is 1.87 bits per heavy atom. The Balaban J connectivity index is 2.89. The van der Waals surface area contributed by atoms with Crippen LogP contribution in [0.5, 0.6) is 0 Å². The second-order valence-electron chi connectivity index (χ2n) is 3.51. The molecule has 0 saturated carbocycles. The summed E-state index contributed by atoms with van der Waals surface area (Å²) in [6.45, 7) is 3.87. The monoisotopic (exact) mass is 266 g/mol. The van der Waals surface area contributed by atoms with Gasteiger partial charge in [-0.3, -0.25) is 0 Å². The second-order valence-corrected chi connectivity index (χ2v) is 6.82. The highest BCUT2D eigenvalue weighted by Gasteiger charge is 2.08. The maximum atomic E-state index is 10.8. The smallest absolute Gasteiger partial charge is 0.212 e. The zero-order valence-corrected chi connectivity index (χ0v) is 10.9. The van der Waals surface area contributed by atoms with Crippen molar-refractivity contribution in [1.82, 2.24) is 0 Å². The zero-order chi connectivity index (χ0) is 11.6. The summed E-state index contributed by atoms with van der Waals surface area (Å²) >= 11 is 5.99. The SMILES string of the molecule is Cc1cc(CCS(=O)(=O)Cl)cc(Cl)c1C. The predicted octanol–water partition coefficient (Wildman–Crippen LogP) is 3.07. The fourth-order valence-electron chi connectivity index (χ4n) is 1.27. The minimum Gasteiger partial charge on any atom is -0.212 e. The van der Waals surface area contributed by atoms with Crippen LogP contribution in [0.3, 0.4) is 0 Å². The third-order valence-corrected chi connectivity index (χ3v) is 3.85. The average Bonchev–Trinajstić information content (AvgIpc) is 2.09. The lowest BCUT2D eigenvalue weighted by Crippen LogP contribution is -2.01. The van der Waals surface area contributed by atoms with Gasteiger partial charge in [-0.05, 0) is 43.0 Å². The summed E-state index contributed by atoms with van der Waals surface area (Å²) in [6, 6.07) is 3.72. The molecule has 0 atom stereocenters. The Labute approximate surface area is 99.6 Å². The molecule has 0 aliphatic heterocycles. The first-order valence-corrected chi connectivity index (χ1v) is 7.33. The van der Waals surface area contributed by atoms with Crippen LogP contribution >= 0.6 is 22.3 Å². The molecule has 0 N–H and O–H groups in total. The first kappa shape index (κ1) is 12.8. The van der Waals surface area contributed by atoms with Gasteiger partial charge in [-0.15, -0.1) is 0 Å². The Morgan fingerprint density at radius 3 is 2.33 bits per heavy atom. The summed E-state index contributed by atoms with van der Waals surface area (Å²) < 4.78 is 21.5. The molecular weight excluding hydrogens is 255 g/mol. The summed E-state index contributed by atoms with van der Waals surface area (Å²) in [5.74, 6) is -0.0621. The lowest BCUT2D eigenvalue weighted by molar-refractivity contribution is 0.609. The van der Waals surface area contributed by atoms with Crippen LogP contribution in [0, 0.1) is 13.8 Å². The predicted molar refractivity (Wildman–Crippen MR) is 64.3 cm³/mol. The van der Waals surface area contributed by atoms with E-state index in [0.717, 1.165) is 16.7 Å². The van der Waals surface area contributed by atoms with Gasteiger partial charge in [0.05, 0.1) is 5.75 Å². The Kier molecular flexibility index (Phi) is 4.04. The van der Waals surface area contributed by atoms with E-state index in [1.165, 1.54) is 0 Å². The maximum absolute atomic E-state index is 10.8. The Hall–Kier alpha value is -0.250. The van der Waals surface area contributed by atoms with E-state index in [0.29, 0.717) is 11.4 Å². The molecule has 5 heteroatoms. The molecule has 84 valence electrons. The van der Waals surface area contributed by atoms with E-state index >= 15 is 0 Å². The number of benzene rings is 1. The van der Waals surface area contributed by atoms with Gasteiger partial charge in [0.1, 0.15) is 0 Å². The molecule has 1 aromatic rings. The van der Waals surface area contributed by atoms with Crippen molar-refractivity contribution in [1.29, 1.82) is 0 Å². The van der Waals surface area contributed by atoms with E-state index in [-0.39, 0.29) is 5.75 Å². The van der Waals surface area contributed by atoms with Gasteiger partial charge in [0.2, 0.25) is 9.05 Å². The molecule has 0 spiro atoms. The van der Waals surface area contributed by atoms with Crippen molar-refractivity contribution < 1.29 is 8.42 Å². The summed E-state index contributed by atoms with van der Waals surface area (Å²) in [5, 5.41) is 0.664. The lowest BCUT2D eigenvalue weighted by atomic mass is 10.0. The maximum Gasteiger partial charge on any atom is 0.232 e. The fraction of sp³-hybridized carbons (Fsp3) is 0.400. The summed E-state index contributed by atoms with van der Waals surface area (Å²) in [7, 11) is 1.70. The van der Waals surface area contributed by atoms with Crippen LogP contribution in [-0.4, -0.2) is 14.2 Å². The number of halogens is 2. The van der Waals surface area contributed by atoms with E-state index in [2.05, 4.69) is 0 Å². The normalized spacial score (nSPS) is 11.7. The summed E-state index contributed by atoms with van der Waals surface area (Å²) in [6.07, 6.45) is 0.396. The van der Waals surface area contributed by atoms with Crippen LogP contribution in [0.2, 0.25) is 5.02 Å². The van der Waals surface area contributed by atoms with Gasteiger partial charge in [-0.25, -0.2) is 8.42 Å². The second kappa shape index (κ2) is 4.73. The van der Waals surface area contributed by atoms with Crippen LogP contribution < -0.4 is 0 Å². The van der Waals surface area contributed by atoms with E-state index in [1.807, 2.05) is 19.9 Å². The molecular formula is C10H12Cl2O2S. The summed E-state index contributed by atoms with van der Waals surface area (Å²) in [4.78, 5) is 0. The summed E-state index contributed by atoms with van der Waals surface area (Å²) in [5.41, 5.74) is 2.98. The van der Waals surface area contributed by atoms with E-state index in [1.54, 1.807) is 6.07 Å². The number of aryl methyl sites for hydroxylation is 2. The molecule has 0 fully saturated rings. The molecule has 0 bridgehead atoms. The molecule has 1 aromatic carbocycles. The van der Waals surface area contributed by atoms with Crippen molar-refractivity contribution >= 4 is 31.3 Å². The van der Waals surface area contributed by atoms with E-state index in [4.69, 9.17) is 22.3 Å². The van der Waals surface area contributed by atoms with Gasteiger partial charge >= 0.3 is 0 Å². The fourth-order valence-corrected chi connectivity index (χ4v) is 2.27. The number of hydrogen-bond acceptors (Lipinski definition) is 2. The molecule has 0 saturated heterocycles. The molecule has 0 radical (unpaired) electrons. The quantitative estimate of drug-likeness (QED) is 0.789. The van der Waals surface area contributed by atoms with Crippen molar-refractivity contribution in [2.75, 3.05) is 5.75 Å². The zero-order valence-electron chi connectivity index (χ0n) is 8.55. The van der Waals surface area contributed by atoms with E-state index < -0.39 is 9.05 Å². The Morgan fingerprint density at radius 1 is 1.27 bits per heavy atom. The molecule has 1 rings (SSSR count). The first-order valence-electron chi connectivity index (χ1n) is 4.47. The first-order chi connectivity index (χ1) is 6.79. The average molecular weight is 267 g/mol. The molecule has 0 aliphatic rings. The van der Waals surface area contributed by atoms with Crippen molar-refractivity contribution in [3.05, 3.63) is 33.8 Å². The van der Waals surface area contributed by atoms with Crippen LogP contribution in [0.1, 0.15) is 16.7 Å². The third-order valence-electron chi connectivity index (χ3n) is 2.30. The van der Waals surface area contributed by atoms with Gasteiger partial charge < -0.3 is 0 Å². The van der Waals surface area contributed by atoms with Crippen LogP contribution in [0.4, 0.5) is 0 Å². The highest BCUT2D eigenvalue weighted by molar-refractivity contribution is 8.13. The number of hydrogen-bond donors (Lipinski definition) is 0. The molecule has 0 heterocycles. The Bertz CT molecular complexity index is 443. The number of rotatable bonds is 3. The molecule has 0 aliphatic carbocycles. The highest BCUT2D eigenvalue weighted by Crippen LogP contribution is 2.21. The van der Waals surface area contributed by atoms with Gasteiger partial charge in [0, 0.05) is 15.7 Å². The van der Waals surface area contributed by atoms with Gasteiger partial charge in [0.15, 0.2) is 0 Å². The minimum absolute atomic E-state index is 0.0621. The largest absolute Gasteiger partial charge is 0.232 e. The molecule has 0 aromatic heterocycles. The standard InChI is InChI=1S/C10H12Cl2O2S/c1-7-5-9(3-4-15(12,13)14)6-10(11)8(7)2/h5-6H,3-4H2,1-2H3. The third kappa shape index (κ3) is 4.01. The van der Waals surface area contributed by atoms with Gasteiger partial charge in [-0.2, -0.15) is 0 Å². The molecule has 0 amide bonds. The van der Waals surface area contributed by atoms with E-state index in [9.17, 15) is 8.42 Å². The van der Waals surface area contributed by atoms with Crippen molar-refractivity contribution in [2.45, 2.75) is 20.3 Å². The van der Waals surface area contributed by atoms with Crippen LogP contribution in [0.25, 0.3) is 0 Å². The molecule has 0 unspecified atom stereocenters. The highest BCUT2D eigenvalue weighted by atomic mass is 35.7. The van der Waals surface area contributed by atoms with Gasteiger partial charge in [0.25, 0.3) is 0 Å². The van der Waals surface area contributed by atoms with Crippen LogP contribution in [0.15, 0.2) is 12.1 Å². The van der Waals surface area contributed by atoms with Crippen LogP contribution in [-0.2, 0) is 15.5 Å². The topological polar surface area (TPSA) is 34.1 Å². The molecule has 2 nitrogen and oxygen atoms in total. The van der Waals surface area contributed by atoms with Crippen molar-refractivity contribution in [2.24, 2.45) is 0 Å². The van der Waals surface area contributed by atoms with Crippen molar-refractivity contribution in [3.63, 3.8) is 0 Å². The molecule has 15 heavy (non-hydrogen) atoms. The minimum atomic E-state index is -3.43. The van der Waals surface area contributed by atoms with Gasteiger partial charge in [-0.1, -0.05) is 17.7 Å². The van der Waals surface area contributed by atoms with Crippen molar-refractivity contribution in [3.8, 4) is 0 Å².